The molecule has 0 N–H and O–H groups in total. The number of allylic oxidation sites excluding steroid dienone is 1. The summed E-state index contributed by atoms with van der Waals surface area (Å²) >= 11 is 0. The van der Waals surface area contributed by atoms with Crippen molar-refractivity contribution in [3.63, 3.8) is 0 Å². The van der Waals surface area contributed by atoms with Crippen LogP contribution in [-0.2, 0) is 4.84 Å². The van der Waals surface area contributed by atoms with E-state index in [0.717, 1.165) is 46.8 Å². The molecule has 0 saturated carbocycles. The topological polar surface area (TPSA) is 49.3 Å². The van der Waals surface area contributed by atoms with Crippen LogP contribution >= 0.6 is 0 Å². The summed E-state index contributed by atoms with van der Waals surface area (Å²) < 4.78 is 17.8. The van der Waals surface area contributed by atoms with E-state index in [9.17, 15) is 0 Å². The predicted octanol–water partition coefficient (Wildman–Crippen LogP) is 5.87. The summed E-state index contributed by atoms with van der Waals surface area (Å²) in [6.45, 7) is 9.40. The summed E-state index contributed by atoms with van der Waals surface area (Å²) in [4.78, 5) is 4.71. The number of hydrogen-bond acceptors (Lipinski definition) is 5. The fourth-order valence-corrected chi connectivity index (χ4v) is 3.04. The van der Waals surface area contributed by atoms with E-state index in [1.807, 2.05) is 55.5 Å². The van der Waals surface area contributed by atoms with Crippen molar-refractivity contribution in [3.05, 3.63) is 65.2 Å². The molecule has 0 aliphatic carbocycles. The van der Waals surface area contributed by atoms with Crippen molar-refractivity contribution in [2.75, 3.05) is 20.3 Å². The van der Waals surface area contributed by atoms with Crippen molar-refractivity contribution in [1.29, 1.82) is 0 Å². The van der Waals surface area contributed by atoms with Crippen LogP contribution in [-0.4, -0.2) is 32.6 Å². The largest absolute Gasteiger partial charge is 0.494 e. The highest BCUT2D eigenvalue weighted by atomic mass is 16.6. The van der Waals surface area contributed by atoms with E-state index < -0.39 is 0 Å². The number of hydrogen-bond donors (Lipinski definition) is 0. The molecule has 1 unspecified atom stereocenters. The van der Waals surface area contributed by atoms with Crippen LogP contribution in [0.1, 0.15) is 43.4 Å². The van der Waals surface area contributed by atoms with Gasteiger partial charge in [0.15, 0.2) is 0 Å². The first-order valence-corrected chi connectivity index (χ1v) is 10.3. The van der Waals surface area contributed by atoms with Crippen molar-refractivity contribution in [2.24, 2.45) is 5.16 Å². The molecule has 0 aliphatic rings. The number of nitrogens with zero attached hydrogens (tertiary/aromatic N) is 1. The molecule has 0 aliphatic heterocycles. The first-order chi connectivity index (χ1) is 14.5. The molecule has 0 amide bonds. The number of benzene rings is 2. The number of oxime groups is 1. The van der Waals surface area contributed by atoms with Gasteiger partial charge in [-0.05, 0) is 81.5 Å². The van der Waals surface area contributed by atoms with Crippen LogP contribution in [0.5, 0.6) is 17.2 Å². The van der Waals surface area contributed by atoms with Crippen molar-refractivity contribution in [3.8, 4) is 17.2 Å². The van der Waals surface area contributed by atoms with Gasteiger partial charge in [0.25, 0.3) is 0 Å². The van der Waals surface area contributed by atoms with E-state index in [2.05, 4.69) is 25.9 Å². The fraction of sp³-hybridized carbons (Fsp3) is 0.400. The molecular weight excluding hydrogens is 378 g/mol. The Bertz CT molecular complexity index is 822. The highest BCUT2D eigenvalue weighted by molar-refractivity contribution is 5.79. The average Bonchev–Trinajstić information content (AvgIpc) is 2.73. The van der Waals surface area contributed by atoms with Crippen LogP contribution in [0.15, 0.2) is 53.7 Å². The zero-order valence-corrected chi connectivity index (χ0v) is 18.7. The van der Waals surface area contributed by atoms with Gasteiger partial charge in [-0.1, -0.05) is 29.4 Å². The van der Waals surface area contributed by atoms with Crippen molar-refractivity contribution in [1.82, 2.24) is 0 Å². The second kappa shape index (κ2) is 12.6. The summed E-state index contributed by atoms with van der Waals surface area (Å²) in [6.07, 6.45) is 7.53. The molecule has 0 heterocycles. The Labute approximate surface area is 180 Å². The summed E-state index contributed by atoms with van der Waals surface area (Å²) in [5, 5.41) is 3.77. The van der Waals surface area contributed by atoms with Crippen molar-refractivity contribution in [2.45, 2.75) is 46.6 Å². The molecule has 0 fully saturated rings. The van der Waals surface area contributed by atoms with Gasteiger partial charge in [-0.2, -0.15) is 0 Å². The number of rotatable bonds is 12. The van der Waals surface area contributed by atoms with E-state index in [0.29, 0.717) is 13.2 Å². The minimum Gasteiger partial charge on any atom is -0.494 e. The monoisotopic (exact) mass is 411 g/mol. The highest BCUT2D eigenvalue weighted by Gasteiger charge is 2.11. The molecule has 1 atom stereocenters. The van der Waals surface area contributed by atoms with E-state index in [4.69, 9.17) is 19.0 Å². The van der Waals surface area contributed by atoms with Crippen LogP contribution in [0.3, 0.4) is 0 Å². The maximum Gasteiger partial charge on any atom is 0.125 e. The fourth-order valence-electron chi connectivity index (χ4n) is 3.04. The third-order valence-corrected chi connectivity index (χ3v) is 4.52. The third-order valence-electron chi connectivity index (χ3n) is 4.52. The Balaban J connectivity index is 1.80. The van der Waals surface area contributed by atoms with Gasteiger partial charge >= 0.3 is 0 Å². The van der Waals surface area contributed by atoms with E-state index in [-0.39, 0.29) is 6.10 Å². The lowest BCUT2D eigenvalue weighted by molar-refractivity contribution is 0.191. The molecule has 2 aromatic rings. The van der Waals surface area contributed by atoms with Gasteiger partial charge in [0.05, 0.1) is 18.9 Å². The molecule has 30 heavy (non-hydrogen) atoms. The molecule has 162 valence electrons. The van der Waals surface area contributed by atoms with Crippen molar-refractivity contribution >= 4 is 6.21 Å². The van der Waals surface area contributed by atoms with Gasteiger partial charge < -0.3 is 19.0 Å². The third kappa shape index (κ3) is 7.82. The zero-order valence-electron chi connectivity index (χ0n) is 18.7. The Hall–Kier alpha value is -2.95. The molecule has 0 radical (unpaired) electrons. The summed E-state index contributed by atoms with van der Waals surface area (Å²) in [7, 11) is 1.52. The highest BCUT2D eigenvalue weighted by Crippen LogP contribution is 2.30. The molecule has 2 rings (SSSR count). The molecule has 0 saturated heterocycles. The Kier molecular flexibility index (Phi) is 9.78. The maximum absolute atomic E-state index is 6.22. The number of aryl methyl sites for hydroxylation is 2. The molecule has 2 aromatic carbocycles. The first-order valence-electron chi connectivity index (χ1n) is 10.3. The van der Waals surface area contributed by atoms with E-state index in [1.165, 1.54) is 7.11 Å². The lowest BCUT2D eigenvalue weighted by atomic mass is 10.1. The summed E-state index contributed by atoms with van der Waals surface area (Å²) in [6, 6.07) is 11.8. The van der Waals surface area contributed by atoms with Gasteiger partial charge in [0, 0.05) is 0 Å². The smallest absolute Gasteiger partial charge is 0.125 e. The second-order valence-corrected chi connectivity index (χ2v) is 7.17. The van der Waals surface area contributed by atoms with Crippen LogP contribution in [0.25, 0.3) is 0 Å². The summed E-state index contributed by atoms with van der Waals surface area (Å²) in [5.74, 6) is 2.63. The molecule has 5 nitrogen and oxygen atoms in total. The first kappa shape index (κ1) is 23.3. The Morgan fingerprint density at radius 3 is 2.50 bits per heavy atom. The van der Waals surface area contributed by atoms with Gasteiger partial charge in [-0.3, -0.25) is 0 Å². The quantitative estimate of drug-likeness (QED) is 0.190. The van der Waals surface area contributed by atoms with Crippen molar-refractivity contribution < 1.29 is 19.0 Å². The molecule has 0 aromatic heterocycles. The van der Waals surface area contributed by atoms with Gasteiger partial charge in [0.1, 0.15) is 31.0 Å². The lowest BCUT2D eigenvalue weighted by Gasteiger charge is -2.19. The second-order valence-electron chi connectivity index (χ2n) is 7.17. The minimum absolute atomic E-state index is 0.0981. The van der Waals surface area contributed by atoms with Gasteiger partial charge in [0.2, 0.25) is 0 Å². The van der Waals surface area contributed by atoms with Gasteiger partial charge in [-0.25, -0.2) is 0 Å². The number of ether oxygens (including phenoxy) is 3. The predicted molar refractivity (Wildman–Crippen MR) is 122 cm³/mol. The zero-order chi connectivity index (χ0) is 21.8. The molecular formula is C25H33NO4. The van der Waals surface area contributed by atoms with E-state index in [1.54, 1.807) is 6.21 Å². The molecule has 0 spiro atoms. The standard InChI is InChI=1S/C25H33NO4/c1-6-7-13-29-24-15-19(2)25(20(3)16-24)30-21(4)10-9-14-28-23-12-8-11-22(17-23)18-26-27-5/h6-8,11-12,15-18,21H,9-10,13-14H2,1-5H3/b7-6+,26-18?. The van der Waals surface area contributed by atoms with Crippen LogP contribution < -0.4 is 14.2 Å². The summed E-state index contributed by atoms with van der Waals surface area (Å²) in [5.41, 5.74) is 3.11. The van der Waals surface area contributed by atoms with E-state index >= 15 is 0 Å². The Morgan fingerprint density at radius 1 is 1.03 bits per heavy atom. The molecule has 5 heteroatoms. The SMILES string of the molecule is C/C=C/COc1cc(C)c(OC(C)CCCOc2cccc(C=NOC)c2)c(C)c1. The maximum atomic E-state index is 6.22. The normalized spacial score (nSPS) is 12.3. The lowest BCUT2D eigenvalue weighted by Crippen LogP contribution is -2.14. The van der Waals surface area contributed by atoms with Crippen LogP contribution in [0, 0.1) is 13.8 Å². The van der Waals surface area contributed by atoms with Crippen LogP contribution in [0.2, 0.25) is 0 Å². The van der Waals surface area contributed by atoms with Gasteiger partial charge in [-0.15, -0.1) is 0 Å². The molecule has 0 bridgehead atoms. The average molecular weight is 412 g/mol. The van der Waals surface area contributed by atoms with Crippen LogP contribution in [0.4, 0.5) is 0 Å². The minimum atomic E-state index is 0.0981. The Morgan fingerprint density at radius 2 is 1.80 bits per heavy atom.